The van der Waals surface area contributed by atoms with E-state index in [4.69, 9.17) is 11.5 Å². The molecule has 4 heteroatoms. The van der Waals surface area contributed by atoms with Crippen molar-refractivity contribution in [3.8, 4) is 0 Å². The molecule has 0 aromatic heterocycles. The molecule has 0 bridgehead atoms. The lowest BCUT2D eigenvalue weighted by atomic mass is 10.2. The monoisotopic (exact) mass is 214 g/mol. The summed E-state index contributed by atoms with van der Waals surface area (Å²) in [6.07, 6.45) is 0. The second-order valence-electron chi connectivity index (χ2n) is 2.60. The van der Waals surface area contributed by atoms with Crippen molar-refractivity contribution in [2.45, 2.75) is 16.7 Å². The molecule has 0 atom stereocenters. The molecule has 1 aromatic carbocycles. The molecule has 0 unspecified atom stereocenters. The molecule has 2 nitrogen and oxygen atoms in total. The standard InChI is InChI=1S/C9H14N2S2/c1-7-2-8(12-5-10)4-9(3-7)13-6-11/h2-4H,5-6,10-11H2,1H3. The van der Waals surface area contributed by atoms with E-state index in [0.29, 0.717) is 11.8 Å². The summed E-state index contributed by atoms with van der Waals surface area (Å²) in [7, 11) is 0. The van der Waals surface area contributed by atoms with Crippen molar-refractivity contribution in [3.05, 3.63) is 23.8 Å². The first-order chi connectivity index (χ1) is 6.26. The van der Waals surface area contributed by atoms with Gasteiger partial charge in [-0.15, -0.1) is 23.5 Å². The molecule has 0 fully saturated rings. The zero-order chi connectivity index (χ0) is 9.68. The summed E-state index contributed by atoms with van der Waals surface area (Å²) in [4.78, 5) is 2.44. The molecule has 0 heterocycles. The van der Waals surface area contributed by atoms with Gasteiger partial charge in [-0.25, -0.2) is 0 Å². The Morgan fingerprint density at radius 1 is 1.00 bits per heavy atom. The summed E-state index contributed by atoms with van der Waals surface area (Å²) in [6, 6.07) is 6.40. The highest BCUT2D eigenvalue weighted by molar-refractivity contribution is 8.00. The zero-order valence-corrected chi connectivity index (χ0v) is 9.25. The van der Waals surface area contributed by atoms with Crippen molar-refractivity contribution < 1.29 is 0 Å². The van der Waals surface area contributed by atoms with Crippen molar-refractivity contribution in [2.24, 2.45) is 11.5 Å². The van der Waals surface area contributed by atoms with Crippen LogP contribution >= 0.6 is 23.5 Å². The van der Waals surface area contributed by atoms with E-state index < -0.39 is 0 Å². The van der Waals surface area contributed by atoms with Crippen LogP contribution in [0.1, 0.15) is 5.56 Å². The van der Waals surface area contributed by atoms with Crippen LogP contribution in [0.4, 0.5) is 0 Å². The minimum Gasteiger partial charge on any atom is -0.322 e. The lowest BCUT2D eigenvalue weighted by Crippen LogP contribution is -1.94. The van der Waals surface area contributed by atoms with Gasteiger partial charge in [0, 0.05) is 21.5 Å². The zero-order valence-electron chi connectivity index (χ0n) is 7.62. The van der Waals surface area contributed by atoms with Gasteiger partial charge in [-0.05, 0) is 30.7 Å². The fraction of sp³-hybridized carbons (Fsp3) is 0.333. The van der Waals surface area contributed by atoms with Gasteiger partial charge in [0.15, 0.2) is 0 Å². The SMILES string of the molecule is Cc1cc(SCN)cc(SCN)c1. The summed E-state index contributed by atoms with van der Waals surface area (Å²) < 4.78 is 0. The molecule has 0 aliphatic heterocycles. The van der Waals surface area contributed by atoms with Gasteiger partial charge in [-0.1, -0.05) is 0 Å². The van der Waals surface area contributed by atoms with E-state index in [0.717, 1.165) is 0 Å². The molecule has 0 amide bonds. The summed E-state index contributed by atoms with van der Waals surface area (Å²) in [5, 5.41) is 0. The average molecular weight is 214 g/mol. The van der Waals surface area contributed by atoms with Crippen LogP contribution in [-0.2, 0) is 0 Å². The molecular weight excluding hydrogens is 200 g/mol. The molecule has 4 N–H and O–H groups in total. The number of hydrogen-bond donors (Lipinski definition) is 2. The summed E-state index contributed by atoms with van der Waals surface area (Å²) in [5.74, 6) is 1.24. The lowest BCUT2D eigenvalue weighted by molar-refractivity contribution is 1.25. The third-order valence-corrected chi connectivity index (χ3v) is 3.00. The number of rotatable bonds is 4. The van der Waals surface area contributed by atoms with E-state index in [1.807, 2.05) is 0 Å². The fourth-order valence-corrected chi connectivity index (χ4v) is 2.49. The fourth-order valence-electron chi connectivity index (χ4n) is 1.07. The number of hydrogen-bond acceptors (Lipinski definition) is 4. The molecular formula is C9H14N2S2. The second-order valence-corrected chi connectivity index (χ2v) is 4.79. The van der Waals surface area contributed by atoms with Crippen LogP contribution in [-0.4, -0.2) is 11.8 Å². The van der Waals surface area contributed by atoms with Crippen molar-refractivity contribution in [1.82, 2.24) is 0 Å². The van der Waals surface area contributed by atoms with Gasteiger partial charge in [0.2, 0.25) is 0 Å². The quantitative estimate of drug-likeness (QED) is 0.594. The smallest absolute Gasteiger partial charge is 0.0440 e. The summed E-state index contributed by atoms with van der Waals surface area (Å²) in [6.45, 7) is 2.08. The van der Waals surface area contributed by atoms with E-state index >= 15 is 0 Å². The van der Waals surface area contributed by atoms with E-state index in [-0.39, 0.29) is 0 Å². The Morgan fingerprint density at radius 3 is 1.85 bits per heavy atom. The highest BCUT2D eigenvalue weighted by Gasteiger charge is 1.98. The van der Waals surface area contributed by atoms with Gasteiger partial charge >= 0.3 is 0 Å². The Hall–Kier alpha value is -0.160. The third-order valence-electron chi connectivity index (χ3n) is 1.52. The Morgan fingerprint density at radius 2 is 1.46 bits per heavy atom. The first-order valence-corrected chi connectivity index (χ1v) is 6.01. The van der Waals surface area contributed by atoms with Crippen LogP contribution in [0.3, 0.4) is 0 Å². The molecule has 72 valence electrons. The van der Waals surface area contributed by atoms with E-state index in [1.165, 1.54) is 15.4 Å². The van der Waals surface area contributed by atoms with Crippen molar-refractivity contribution in [1.29, 1.82) is 0 Å². The van der Waals surface area contributed by atoms with Gasteiger partial charge in [-0.3, -0.25) is 0 Å². The minimum atomic E-state index is 0.621. The maximum atomic E-state index is 5.47. The van der Waals surface area contributed by atoms with E-state index in [1.54, 1.807) is 23.5 Å². The molecule has 0 aliphatic rings. The average Bonchev–Trinajstić information content (AvgIpc) is 2.04. The van der Waals surface area contributed by atoms with Gasteiger partial charge < -0.3 is 11.5 Å². The first-order valence-electron chi connectivity index (χ1n) is 4.03. The van der Waals surface area contributed by atoms with Gasteiger partial charge in [-0.2, -0.15) is 0 Å². The normalized spacial score (nSPS) is 10.4. The topological polar surface area (TPSA) is 52.0 Å². The summed E-state index contributed by atoms with van der Waals surface area (Å²) >= 11 is 3.31. The second kappa shape index (κ2) is 5.54. The first kappa shape index (κ1) is 10.9. The van der Waals surface area contributed by atoms with Gasteiger partial charge in [0.1, 0.15) is 0 Å². The van der Waals surface area contributed by atoms with E-state index in [9.17, 15) is 0 Å². The highest BCUT2D eigenvalue weighted by Crippen LogP contribution is 2.25. The molecule has 0 saturated carbocycles. The van der Waals surface area contributed by atoms with Crippen LogP contribution in [0, 0.1) is 6.92 Å². The summed E-state index contributed by atoms with van der Waals surface area (Å²) in [5.41, 5.74) is 12.2. The maximum absolute atomic E-state index is 5.47. The van der Waals surface area contributed by atoms with Crippen LogP contribution in [0.15, 0.2) is 28.0 Å². The maximum Gasteiger partial charge on any atom is 0.0440 e. The molecule has 0 radical (unpaired) electrons. The Balaban J connectivity index is 2.83. The van der Waals surface area contributed by atoms with Crippen molar-refractivity contribution >= 4 is 23.5 Å². The Kier molecular flexibility index (Phi) is 4.66. The minimum absolute atomic E-state index is 0.621. The highest BCUT2D eigenvalue weighted by atomic mass is 32.2. The van der Waals surface area contributed by atoms with Gasteiger partial charge in [0.25, 0.3) is 0 Å². The molecule has 1 aromatic rings. The van der Waals surface area contributed by atoms with Crippen molar-refractivity contribution in [2.75, 3.05) is 11.8 Å². The Bertz CT molecular complexity index is 252. The number of aryl methyl sites for hydroxylation is 1. The molecule has 0 aliphatic carbocycles. The Labute approximate surface area is 87.5 Å². The molecule has 0 spiro atoms. The molecule has 0 saturated heterocycles. The molecule has 1 rings (SSSR count). The van der Waals surface area contributed by atoms with Crippen LogP contribution < -0.4 is 11.5 Å². The number of thioether (sulfide) groups is 2. The third kappa shape index (κ3) is 3.60. The van der Waals surface area contributed by atoms with Crippen molar-refractivity contribution in [3.63, 3.8) is 0 Å². The number of benzene rings is 1. The van der Waals surface area contributed by atoms with Crippen LogP contribution in [0.2, 0.25) is 0 Å². The van der Waals surface area contributed by atoms with Crippen LogP contribution in [0.25, 0.3) is 0 Å². The van der Waals surface area contributed by atoms with Gasteiger partial charge in [0.05, 0.1) is 0 Å². The van der Waals surface area contributed by atoms with E-state index in [2.05, 4.69) is 25.1 Å². The lowest BCUT2D eigenvalue weighted by Gasteiger charge is -2.04. The predicted molar refractivity (Wildman–Crippen MR) is 61.0 cm³/mol. The molecule has 13 heavy (non-hydrogen) atoms. The van der Waals surface area contributed by atoms with Crippen LogP contribution in [0.5, 0.6) is 0 Å². The largest absolute Gasteiger partial charge is 0.322 e. The predicted octanol–water partition coefficient (Wildman–Crippen LogP) is 2.01. The number of nitrogens with two attached hydrogens (primary N) is 2.